The molecule has 0 amide bonds. The summed E-state index contributed by atoms with van der Waals surface area (Å²) in [5.41, 5.74) is 18.1. The third kappa shape index (κ3) is 4.07. The van der Waals surface area contributed by atoms with E-state index in [-0.39, 0.29) is 0 Å². The van der Waals surface area contributed by atoms with E-state index in [1.807, 2.05) is 0 Å². The van der Waals surface area contributed by atoms with Gasteiger partial charge in [0.15, 0.2) is 0 Å². The zero-order chi connectivity index (χ0) is 38.0. The summed E-state index contributed by atoms with van der Waals surface area (Å²) >= 11 is 0. The van der Waals surface area contributed by atoms with E-state index in [1.54, 1.807) is 0 Å². The van der Waals surface area contributed by atoms with Gasteiger partial charge in [0.1, 0.15) is 11.2 Å². The first kappa shape index (κ1) is 31.6. The SMILES string of the molecule is c1ccc(-c2ccc3oc4c(cc5c6c4c4ccccc4n6-c4ccccc4C54c5ccccc5-c5ccc(N(c6ccccc6)c6ccccc6)cc54)c3c2)cc1. The van der Waals surface area contributed by atoms with Crippen molar-refractivity contribution in [3.8, 4) is 27.9 Å². The molecule has 1 atom stereocenters. The first-order chi connectivity index (χ1) is 28.8. The summed E-state index contributed by atoms with van der Waals surface area (Å²) in [6.45, 7) is 0. The molecule has 0 N–H and O–H groups in total. The molecule has 2 aliphatic rings. The van der Waals surface area contributed by atoms with Crippen LogP contribution >= 0.6 is 0 Å². The molecule has 9 aromatic carbocycles. The van der Waals surface area contributed by atoms with Crippen molar-refractivity contribution in [2.24, 2.45) is 0 Å². The number of fused-ring (bicyclic) bond motifs is 16. The van der Waals surface area contributed by atoms with Gasteiger partial charge in [0.25, 0.3) is 0 Å². The van der Waals surface area contributed by atoms with Gasteiger partial charge < -0.3 is 13.9 Å². The molecule has 1 aliphatic heterocycles. The van der Waals surface area contributed by atoms with Gasteiger partial charge in [-0.05, 0) is 111 Å². The highest BCUT2D eigenvalue weighted by atomic mass is 16.3. The summed E-state index contributed by atoms with van der Waals surface area (Å²) < 4.78 is 9.52. The van der Waals surface area contributed by atoms with Gasteiger partial charge in [-0.3, -0.25) is 0 Å². The van der Waals surface area contributed by atoms with Gasteiger partial charge in [-0.2, -0.15) is 0 Å². The molecule has 0 fully saturated rings. The van der Waals surface area contributed by atoms with Gasteiger partial charge in [0.05, 0.1) is 27.5 Å². The number of para-hydroxylation sites is 4. The molecule has 0 radical (unpaired) electrons. The predicted octanol–water partition coefficient (Wildman–Crippen LogP) is 14.5. The lowest BCUT2D eigenvalue weighted by molar-refractivity contribution is 0.672. The number of benzene rings is 9. The molecule has 0 bridgehead atoms. The molecule has 3 heterocycles. The van der Waals surface area contributed by atoms with Crippen LogP contribution in [-0.4, -0.2) is 4.57 Å². The van der Waals surface area contributed by atoms with Crippen molar-refractivity contribution in [3.05, 3.63) is 229 Å². The van der Waals surface area contributed by atoms with Gasteiger partial charge in [-0.25, -0.2) is 0 Å². The minimum absolute atomic E-state index is 0.630. The molecule has 13 rings (SSSR count). The quantitative estimate of drug-likeness (QED) is 0.179. The Labute approximate surface area is 335 Å². The average Bonchev–Trinajstić information content (AvgIpc) is 3.93. The fourth-order valence-corrected chi connectivity index (χ4v) is 10.4. The summed E-state index contributed by atoms with van der Waals surface area (Å²) in [5.74, 6) is 0. The number of furan rings is 1. The lowest BCUT2D eigenvalue weighted by Gasteiger charge is -2.40. The molecule has 1 aliphatic carbocycles. The van der Waals surface area contributed by atoms with E-state index in [4.69, 9.17) is 4.42 Å². The normalized spacial score (nSPS) is 15.0. The van der Waals surface area contributed by atoms with E-state index in [0.717, 1.165) is 44.4 Å². The maximum Gasteiger partial charge on any atom is 0.145 e. The average molecular weight is 739 g/mol. The zero-order valence-electron chi connectivity index (χ0n) is 31.4. The summed E-state index contributed by atoms with van der Waals surface area (Å²) in [7, 11) is 0. The third-order valence-corrected chi connectivity index (χ3v) is 12.7. The molecule has 3 heteroatoms. The maximum absolute atomic E-state index is 7.01. The van der Waals surface area contributed by atoms with Crippen LogP contribution < -0.4 is 4.90 Å². The van der Waals surface area contributed by atoms with Crippen molar-refractivity contribution in [3.63, 3.8) is 0 Å². The lowest BCUT2D eigenvalue weighted by Crippen LogP contribution is -2.33. The predicted molar refractivity (Wildman–Crippen MR) is 239 cm³/mol. The molecule has 11 aromatic rings. The van der Waals surface area contributed by atoms with Crippen molar-refractivity contribution in [2.45, 2.75) is 5.41 Å². The van der Waals surface area contributed by atoms with Gasteiger partial charge in [0.2, 0.25) is 0 Å². The summed E-state index contributed by atoms with van der Waals surface area (Å²) in [6, 6.07) is 75.4. The first-order valence-electron chi connectivity index (χ1n) is 20.0. The second-order valence-corrected chi connectivity index (χ2v) is 15.6. The zero-order valence-corrected chi connectivity index (χ0v) is 31.4. The molecule has 3 nitrogen and oxygen atoms in total. The maximum atomic E-state index is 7.01. The van der Waals surface area contributed by atoms with Gasteiger partial charge >= 0.3 is 0 Å². The van der Waals surface area contributed by atoms with Crippen molar-refractivity contribution in [1.29, 1.82) is 0 Å². The Kier molecular flexibility index (Phi) is 6.37. The molecule has 0 saturated carbocycles. The highest BCUT2D eigenvalue weighted by molar-refractivity contribution is 6.26. The molecule has 270 valence electrons. The minimum atomic E-state index is -0.630. The summed E-state index contributed by atoms with van der Waals surface area (Å²) in [6.07, 6.45) is 0. The van der Waals surface area contributed by atoms with Crippen LogP contribution in [-0.2, 0) is 5.41 Å². The van der Waals surface area contributed by atoms with Gasteiger partial charge in [0, 0.05) is 33.2 Å². The van der Waals surface area contributed by atoms with E-state index in [0.29, 0.717) is 0 Å². The standard InChI is InChI=1S/C55H34N2O/c1-4-16-35(17-5-1)36-28-31-51-43(32-36)44-34-48-53-52(54(44)58-51)42-23-11-14-26-49(42)57(53)50-27-15-13-25-46(50)55(48)45-24-12-10-22-40(45)41-30-29-39(33-47(41)55)56(37-18-6-2-7-19-37)38-20-8-3-9-21-38/h1-34H. The van der Waals surface area contributed by atoms with Crippen molar-refractivity contribution in [1.82, 2.24) is 4.57 Å². The van der Waals surface area contributed by atoms with E-state index < -0.39 is 5.41 Å². The van der Waals surface area contributed by atoms with Crippen LogP contribution in [0.25, 0.3) is 71.7 Å². The van der Waals surface area contributed by atoms with E-state index in [2.05, 4.69) is 216 Å². The first-order valence-corrected chi connectivity index (χ1v) is 20.0. The fraction of sp³-hybridized carbons (Fsp3) is 0.0182. The van der Waals surface area contributed by atoms with E-state index in [1.165, 1.54) is 66.6 Å². The van der Waals surface area contributed by atoms with E-state index >= 15 is 0 Å². The van der Waals surface area contributed by atoms with Gasteiger partial charge in [-0.15, -0.1) is 0 Å². The van der Waals surface area contributed by atoms with Crippen LogP contribution in [0.2, 0.25) is 0 Å². The second kappa shape index (κ2) is 11.7. The summed E-state index contributed by atoms with van der Waals surface area (Å²) in [5, 5.41) is 4.61. The van der Waals surface area contributed by atoms with Crippen LogP contribution in [0.1, 0.15) is 22.3 Å². The smallest absolute Gasteiger partial charge is 0.145 e. The molecule has 0 saturated heterocycles. The van der Waals surface area contributed by atoms with Crippen LogP contribution in [0.15, 0.2) is 211 Å². The topological polar surface area (TPSA) is 21.3 Å². The Morgan fingerprint density at radius 3 is 1.86 bits per heavy atom. The lowest BCUT2D eigenvalue weighted by atomic mass is 9.65. The molecular weight excluding hydrogens is 705 g/mol. The Morgan fingerprint density at radius 1 is 0.414 bits per heavy atom. The molecule has 58 heavy (non-hydrogen) atoms. The highest BCUT2D eigenvalue weighted by Crippen LogP contribution is 2.62. The number of nitrogens with zero attached hydrogens (tertiary/aromatic N) is 2. The number of hydrogen-bond donors (Lipinski definition) is 0. The van der Waals surface area contributed by atoms with Gasteiger partial charge in [-0.1, -0.05) is 140 Å². The number of aromatic nitrogens is 1. The number of rotatable bonds is 4. The minimum Gasteiger partial charge on any atom is -0.455 e. The Hall–Kier alpha value is -7.62. The Morgan fingerprint density at radius 2 is 1.07 bits per heavy atom. The largest absolute Gasteiger partial charge is 0.455 e. The summed E-state index contributed by atoms with van der Waals surface area (Å²) in [4.78, 5) is 2.39. The van der Waals surface area contributed by atoms with Crippen molar-refractivity contribution in [2.75, 3.05) is 4.90 Å². The molecule has 1 unspecified atom stereocenters. The van der Waals surface area contributed by atoms with Crippen LogP contribution in [0.3, 0.4) is 0 Å². The molecule has 1 spiro atoms. The van der Waals surface area contributed by atoms with Crippen LogP contribution in [0.5, 0.6) is 0 Å². The highest BCUT2D eigenvalue weighted by Gasteiger charge is 2.51. The Bertz CT molecular complexity index is 3410. The van der Waals surface area contributed by atoms with Crippen molar-refractivity contribution < 1.29 is 4.42 Å². The number of hydrogen-bond acceptors (Lipinski definition) is 2. The monoisotopic (exact) mass is 738 g/mol. The van der Waals surface area contributed by atoms with Crippen molar-refractivity contribution >= 4 is 60.8 Å². The van der Waals surface area contributed by atoms with E-state index in [9.17, 15) is 0 Å². The fourth-order valence-electron chi connectivity index (χ4n) is 10.4. The number of anilines is 3. The third-order valence-electron chi connectivity index (χ3n) is 12.7. The van der Waals surface area contributed by atoms with Crippen LogP contribution in [0.4, 0.5) is 17.1 Å². The second-order valence-electron chi connectivity index (χ2n) is 15.6. The molecular formula is C55H34N2O. The molecule has 2 aromatic heterocycles. The van der Waals surface area contributed by atoms with Crippen LogP contribution in [0, 0.1) is 0 Å². The Balaban J connectivity index is 1.20.